The monoisotopic (exact) mass is 442 g/mol. The molecule has 3 heterocycles. The zero-order valence-corrected chi connectivity index (χ0v) is 18.8. The van der Waals surface area contributed by atoms with Gasteiger partial charge in [-0.1, -0.05) is 29.9 Å². The number of carbonyl (C=O) groups excluding carboxylic acids is 1. The molecule has 0 saturated heterocycles. The maximum Gasteiger partial charge on any atom is 0.272 e. The van der Waals surface area contributed by atoms with E-state index in [2.05, 4.69) is 23.5 Å². The van der Waals surface area contributed by atoms with Crippen LogP contribution in [0.1, 0.15) is 29.5 Å². The van der Waals surface area contributed by atoms with Crippen LogP contribution in [-0.4, -0.2) is 31.6 Å². The number of hydrogen-bond donors (Lipinski definition) is 1. The highest BCUT2D eigenvalue weighted by Crippen LogP contribution is 2.35. The van der Waals surface area contributed by atoms with Crippen LogP contribution in [0.2, 0.25) is 0 Å². The Kier molecular flexibility index (Phi) is 5.75. The number of amides is 1. The fourth-order valence-electron chi connectivity index (χ4n) is 3.44. The summed E-state index contributed by atoms with van der Waals surface area (Å²) in [5, 5.41) is 7.31. The van der Waals surface area contributed by atoms with Gasteiger partial charge in [0.25, 0.3) is 5.56 Å². The second-order valence-corrected chi connectivity index (χ2v) is 9.84. The lowest BCUT2D eigenvalue weighted by atomic mass is 10.1. The van der Waals surface area contributed by atoms with Crippen LogP contribution in [0.3, 0.4) is 0 Å². The second-order valence-electron chi connectivity index (χ2n) is 7.45. The molecule has 30 heavy (non-hydrogen) atoms. The van der Waals surface area contributed by atoms with Gasteiger partial charge < -0.3 is 9.84 Å². The van der Waals surface area contributed by atoms with Gasteiger partial charge in [-0.25, -0.2) is 4.98 Å². The molecule has 1 unspecified atom stereocenters. The highest BCUT2D eigenvalue weighted by Gasteiger charge is 2.27. The van der Waals surface area contributed by atoms with E-state index >= 15 is 0 Å². The Morgan fingerprint density at radius 2 is 2.00 bits per heavy atom. The van der Waals surface area contributed by atoms with Gasteiger partial charge in [-0.05, 0) is 44.0 Å². The van der Waals surface area contributed by atoms with Gasteiger partial charge in [0.1, 0.15) is 5.76 Å². The van der Waals surface area contributed by atoms with Crippen LogP contribution in [0.5, 0.6) is 0 Å². The number of benzene rings is 1. The third-order valence-corrected chi connectivity index (χ3v) is 6.73. The first-order valence-electron chi connectivity index (χ1n) is 9.57. The van der Waals surface area contributed by atoms with Crippen molar-refractivity contribution in [2.45, 2.75) is 49.4 Å². The Balaban J connectivity index is 1.67. The minimum Gasteiger partial charge on any atom is -0.360 e. The molecule has 1 N–H and O–H groups in total. The second kappa shape index (κ2) is 8.31. The summed E-state index contributed by atoms with van der Waals surface area (Å²) in [6, 6.07) is 7.65. The number of thioether (sulfide) groups is 2. The predicted molar refractivity (Wildman–Crippen MR) is 119 cm³/mol. The van der Waals surface area contributed by atoms with E-state index in [0.717, 1.165) is 28.9 Å². The molecule has 0 bridgehead atoms. The fourth-order valence-corrected chi connectivity index (χ4v) is 5.36. The van der Waals surface area contributed by atoms with Gasteiger partial charge >= 0.3 is 0 Å². The van der Waals surface area contributed by atoms with E-state index in [1.807, 2.05) is 26.0 Å². The molecule has 7 nitrogen and oxygen atoms in total. The summed E-state index contributed by atoms with van der Waals surface area (Å²) < 4.78 is 6.60. The molecule has 3 aromatic rings. The molecule has 1 aliphatic heterocycles. The number of rotatable bonds is 5. The minimum atomic E-state index is -0.238. The first-order valence-corrected chi connectivity index (χ1v) is 11.4. The summed E-state index contributed by atoms with van der Waals surface area (Å²) in [6.07, 6.45) is 0.751. The van der Waals surface area contributed by atoms with Crippen molar-refractivity contribution >= 4 is 35.2 Å². The van der Waals surface area contributed by atoms with Crippen molar-refractivity contribution in [3.63, 3.8) is 0 Å². The van der Waals surface area contributed by atoms with Crippen molar-refractivity contribution in [2.75, 3.05) is 11.1 Å². The molecular formula is C21H22N4O3S2. The average molecular weight is 443 g/mol. The highest BCUT2D eigenvalue weighted by atomic mass is 32.2. The van der Waals surface area contributed by atoms with Crippen molar-refractivity contribution in [2.24, 2.45) is 0 Å². The number of carbonyl (C=O) groups is 1. The van der Waals surface area contributed by atoms with Gasteiger partial charge in [0.2, 0.25) is 5.91 Å². The van der Waals surface area contributed by atoms with Crippen molar-refractivity contribution in [1.82, 2.24) is 14.7 Å². The average Bonchev–Trinajstić information content (AvgIpc) is 3.24. The molecule has 9 heteroatoms. The molecule has 0 saturated carbocycles. The Bertz CT molecular complexity index is 1170. The molecule has 0 aliphatic carbocycles. The van der Waals surface area contributed by atoms with Gasteiger partial charge in [-0.2, -0.15) is 0 Å². The van der Waals surface area contributed by atoms with E-state index in [4.69, 9.17) is 9.51 Å². The molecule has 1 amide bonds. The van der Waals surface area contributed by atoms with Crippen molar-refractivity contribution < 1.29 is 9.32 Å². The number of aryl methyl sites for hydroxylation is 3. The van der Waals surface area contributed by atoms with Crippen LogP contribution >= 0.6 is 23.5 Å². The summed E-state index contributed by atoms with van der Waals surface area (Å²) in [5.74, 6) is 0.855. The highest BCUT2D eigenvalue weighted by molar-refractivity contribution is 8.00. The number of fused-ring (bicyclic) bond motifs is 1. The molecule has 156 valence electrons. The molecule has 1 aromatic carbocycles. The standard InChI is InChI=1S/C21H22N4O3S2/c1-11-5-12(2)7-15(6-11)25-20(27)19-16(9-14(4)30-19)22-21(25)29-10-18(26)23-17-8-13(3)28-24-17/h5-8,14H,9-10H2,1-4H3,(H,23,24,26). The molecule has 0 fully saturated rings. The summed E-state index contributed by atoms with van der Waals surface area (Å²) >= 11 is 2.81. The van der Waals surface area contributed by atoms with Crippen LogP contribution in [-0.2, 0) is 11.2 Å². The first-order chi connectivity index (χ1) is 14.3. The van der Waals surface area contributed by atoms with E-state index in [1.54, 1.807) is 29.3 Å². The quantitative estimate of drug-likeness (QED) is 0.473. The van der Waals surface area contributed by atoms with E-state index in [-0.39, 0.29) is 17.2 Å². The maximum absolute atomic E-state index is 13.4. The molecule has 0 spiro atoms. The largest absolute Gasteiger partial charge is 0.360 e. The van der Waals surface area contributed by atoms with Crippen molar-refractivity contribution in [3.05, 3.63) is 57.2 Å². The van der Waals surface area contributed by atoms with Crippen LogP contribution < -0.4 is 10.9 Å². The zero-order chi connectivity index (χ0) is 21.4. The van der Waals surface area contributed by atoms with Crippen LogP contribution in [0, 0.1) is 20.8 Å². The zero-order valence-electron chi connectivity index (χ0n) is 17.2. The van der Waals surface area contributed by atoms with Gasteiger partial charge in [0, 0.05) is 17.7 Å². The topological polar surface area (TPSA) is 90.0 Å². The maximum atomic E-state index is 13.4. The number of anilines is 1. The van der Waals surface area contributed by atoms with Gasteiger partial charge in [-0.3, -0.25) is 14.2 Å². The number of aromatic nitrogens is 3. The Morgan fingerprint density at radius 1 is 1.27 bits per heavy atom. The van der Waals surface area contributed by atoms with E-state index < -0.39 is 0 Å². The molecule has 1 aliphatic rings. The van der Waals surface area contributed by atoms with E-state index in [0.29, 0.717) is 26.9 Å². The van der Waals surface area contributed by atoms with Gasteiger partial charge in [0.15, 0.2) is 11.0 Å². The first kappa shape index (κ1) is 20.7. The van der Waals surface area contributed by atoms with Crippen molar-refractivity contribution in [1.29, 1.82) is 0 Å². The van der Waals surface area contributed by atoms with E-state index in [1.165, 1.54) is 11.8 Å². The lowest BCUT2D eigenvalue weighted by Crippen LogP contribution is -2.25. The number of nitrogens with zero attached hydrogens (tertiary/aromatic N) is 3. The van der Waals surface area contributed by atoms with Crippen molar-refractivity contribution in [3.8, 4) is 5.69 Å². The smallest absolute Gasteiger partial charge is 0.272 e. The number of nitrogens with one attached hydrogen (secondary N) is 1. The molecule has 1 atom stereocenters. The normalized spacial score (nSPS) is 15.3. The Hall–Kier alpha value is -2.52. The third kappa shape index (κ3) is 4.32. The minimum absolute atomic E-state index is 0.0746. The lowest BCUT2D eigenvalue weighted by Gasteiger charge is -2.14. The van der Waals surface area contributed by atoms with Gasteiger partial charge in [0.05, 0.1) is 22.0 Å². The fraction of sp³-hybridized carbons (Fsp3) is 0.333. The number of hydrogen-bond acceptors (Lipinski definition) is 7. The van der Waals surface area contributed by atoms with Crippen LogP contribution in [0.4, 0.5) is 5.82 Å². The molecule has 0 radical (unpaired) electrons. The third-order valence-electron chi connectivity index (χ3n) is 4.57. The summed E-state index contributed by atoms with van der Waals surface area (Å²) in [5.41, 5.74) is 3.63. The summed E-state index contributed by atoms with van der Waals surface area (Å²) in [7, 11) is 0. The SMILES string of the molecule is Cc1cc(C)cc(-n2c(SCC(=O)Nc3cc(C)on3)nc3c(c2=O)SC(C)C3)c1. The van der Waals surface area contributed by atoms with Crippen LogP contribution in [0.25, 0.3) is 5.69 Å². The van der Waals surface area contributed by atoms with Crippen LogP contribution in [0.15, 0.2) is 43.6 Å². The summed E-state index contributed by atoms with van der Waals surface area (Å²) in [4.78, 5) is 31.2. The summed E-state index contributed by atoms with van der Waals surface area (Å²) in [6.45, 7) is 7.85. The van der Waals surface area contributed by atoms with Gasteiger partial charge in [-0.15, -0.1) is 11.8 Å². The van der Waals surface area contributed by atoms with E-state index in [9.17, 15) is 9.59 Å². The molecule has 4 rings (SSSR count). The molecule has 2 aromatic heterocycles. The Morgan fingerprint density at radius 3 is 2.67 bits per heavy atom. The molecular weight excluding hydrogens is 420 g/mol. The Labute approximate surface area is 182 Å². The lowest BCUT2D eigenvalue weighted by molar-refractivity contribution is -0.113. The predicted octanol–water partition coefficient (Wildman–Crippen LogP) is 3.91.